The first-order chi connectivity index (χ1) is 16.4. The summed E-state index contributed by atoms with van der Waals surface area (Å²) >= 11 is 0. The Morgan fingerprint density at radius 3 is 2.47 bits per heavy atom. The van der Waals surface area contributed by atoms with E-state index in [1.54, 1.807) is 12.1 Å². The number of H-pyrrole nitrogens is 1. The molecule has 0 saturated carbocycles. The summed E-state index contributed by atoms with van der Waals surface area (Å²) in [6.07, 6.45) is 0. The molecule has 2 N–H and O–H groups in total. The SMILES string of the molecule is O=C(Nc1ccc(N2CCOCC2)cc1)c1n[nH]c2ccc(S(=O)(=O)c3cccc(F)c3)cc12. The standard InChI is InChI=1S/C24H21FN4O4S/c25-16-2-1-3-19(14-16)34(31,32)20-8-9-22-21(15-20)23(28-27-22)24(30)26-17-4-6-18(7-5-17)29-10-12-33-13-11-29/h1-9,14-15H,10-13H2,(H,26,30)(H,27,28). The second kappa shape index (κ2) is 8.88. The average molecular weight is 481 g/mol. The number of hydrogen-bond donors (Lipinski definition) is 2. The molecule has 3 aromatic carbocycles. The maximum atomic E-state index is 13.6. The number of amides is 1. The van der Waals surface area contributed by atoms with Crippen LogP contribution < -0.4 is 10.2 Å². The largest absolute Gasteiger partial charge is 0.378 e. The monoisotopic (exact) mass is 480 g/mol. The van der Waals surface area contributed by atoms with Crippen molar-refractivity contribution in [2.24, 2.45) is 0 Å². The average Bonchev–Trinajstić information content (AvgIpc) is 3.29. The van der Waals surface area contributed by atoms with Gasteiger partial charge in [0.15, 0.2) is 5.69 Å². The molecule has 8 nitrogen and oxygen atoms in total. The van der Waals surface area contributed by atoms with Gasteiger partial charge in [-0.2, -0.15) is 5.10 Å². The highest BCUT2D eigenvalue weighted by Gasteiger charge is 2.22. The summed E-state index contributed by atoms with van der Waals surface area (Å²) in [6, 6.07) is 16.5. The third-order valence-electron chi connectivity index (χ3n) is 5.67. The Labute approximate surface area is 195 Å². The highest BCUT2D eigenvalue weighted by molar-refractivity contribution is 7.91. The van der Waals surface area contributed by atoms with Crippen LogP contribution in [0.4, 0.5) is 15.8 Å². The number of carbonyl (C=O) groups is 1. The molecule has 0 radical (unpaired) electrons. The first-order valence-electron chi connectivity index (χ1n) is 10.6. The topological polar surface area (TPSA) is 104 Å². The Bertz CT molecular complexity index is 1460. The van der Waals surface area contributed by atoms with Gasteiger partial charge in [-0.05, 0) is 60.7 Å². The van der Waals surface area contributed by atoms with Crippen LogP contribution >= 0.6 is 0 Å². The number of aromatic nitrogens is 2. The van der Waals surface area contributed by atoms with Gasteiger partial charge < -0.3 is 15.0 Å². The van der Waals surface area contributed by atoms with E-state index in [-0.39, 0.29) is 15.5 Å². The summed E-state index contributed by atoms with van der Waals surface area (Å²) in [5.74, 6) is -1.13. The number of fused-ring (bicyclic) bond motifs is 1. The van der Waals surface area contributed by atoms with Gasteiger partial charge in [0, 0.05) is 29.9 Å². The fraction of sp³-hybridized carbons (Fsp3) is 0.167. The normalized spacial score (nSPS) is 14.3. The van der Waals surface area contributed by atoms with Gasteiger partial charge in [0.25, 0.3) is 5.91 Å². The highest BCUT2D eigenvalue weighted by Crippen LogP contribution is 2.27. The van der Waals surface area contributed by atoms with E-state index in [1.807, 2.05) is 12.1 Å². The molecule has 10 heteroatoms. The number of halogens is 1. The zero-order valence-electron chi connectivity index (χ0n) is 18.0. The van der Waals surface area contributed by atoms with Crippen LogP contribution in [-0.2, 0) is 14.6 Å². The lowest BCUT2D eigenvalue weighted by atomic mass is 10.2. The van der Waals surface area contributed by atoms with Gasteiger partial charge in [-0.25, -0.2) is 12.8 Å². The molecule has 0 aliphatic carbocycles. The zero-order valence-corrected chi connectivity index (χ0v) is 18.8. The molecule has 1 aliphatic rings. The molecule has 0 bridgehead atoms. The third-order valence-corrected chi connectivity index (χ3v) is 7.42. The molecule has 0 atom stereocenters. The number of ether oxygens (including phenoxy) is 1. The van der Waals surface area contributed by atoms with Crippen molar-refractivity contribution in [3.05, 3.63) is 78.2 Å². The Morgan fingerprint density at radius 2 is 1.74 bits per heavy atom. The molecule has 1 fully saturated rings. The zero-order chi connectivity index (χ0) is 23.7. The molecule has 0 unspecified atom stereocenters. The van der Waals surface area contributed by atoms with Crippen LogP contribution in [0.25, 0.3) is 10.9 Å². The number of aromatic amines is 1. The molecule has 1 aromatic heterocycles. The predicted octanol–water partition coefficient (Wildman–Crippen LogP) is 3.62. The molecule has 1 amide bonds. The molecular formula is C24H21FN4O4S. The van der Waals surface area contributed by atoms with E-state index in [2.05, 4.69) is 20.4 Å². The van der Waals surface area contributed by atoms with E-state index >= 15 is 0 Å². The quantitative estimate of drug-likeness (QED) is 0.452. The number of carbonyl (C=O) groups excluding carboxylic acids is 1. The first kappa shape index (κ1) is 22.1. The summed E-state index contributed by atoms with van der Waals surface area (Å²) < 4.78 is 44.9. The van der Waals surface area contributed by atoms with E-state index in [0.717, 1.165) is 24.8 Å². The number of anilines is 2. The Morgan fingerprint density at radius 1 is 1.00 bits per heavy atom. The van der Waals surface area contributed by atoms with Crippen molar-refractivity contribution in [3.8, 4) is 0 Å². The number of hydrogen-bond acceptors (Lipinski definition) is 6. The summed E-state index contributed by atoms with van der Waals surface area (Å²) in [5, 5.41) is 9.98. The van der Waals surface area contributed by atoms with Crippen molar-refractivity contribution in [2.45, 2.75) is 9.79 Å². The molecule has 174 valence electrons. The summed E-state index contributed by atoms with van der Waals surface area (Å²) in [6.45, 7) is 2.99. The lowest BCUT2D eigenvalue weighted by Gasteiger charge is -2.28. The second-order valence-electron chi connectivity index (χ2n) is 7.84. The van der Waals surface area contributed by atoms with Gasteiger partial charge >= 0.3 is 0 Å². The minimum absolute atomic E-state index is 0.0588. The molecule has 1 saturated heterocycles. The van der Waals surface area contributed by atoms with Crippen LogP contribution in [0.5, 0.6) is 0 Å². The van der Waals surface area contributed by atoms with Gasteiger partial charge in [-0.3, -0.25) is 9.89 Å². The van der Waals surface area contributed by atoms with Crippen LogP contribution in [0, 0.1) is 5.82 Å². The Kier molecular flexibility index (Phi) is 5.76. The maximum absolute atomic E-state index is 13.6. The van der Waals surface area contributed by atoms with Gasteiger partial charge in [0.2, 0.25) is 9.84 Å². The van der Waals surface area contributed by atoms with Gasteiger partial charge in [0.05, 0.1) is 28.5 Å². The molecule has 4 aromatic rings. The van der Waals surface area contributed by atoms with E-state index in [0.29, 0.717) is 29.8 Å². The maximum Gasteiger partial charge on any atom is 0.276 e. The minimum atomic E-state index is -3.97. The lowest BCUT2D eigenvalue weighted by Crippen LogP contribution is -2.36. The lowest BCUT2D eigenvalue weighted by molar-refractivity contribution is 0.102. The Hall–Kier alpha value is -3.76. The number of sulfone groups is 1. The van der Waals surface area contributed by atoms with Crippen LogP contribution in [0.1, 0.15) is 10.5 Å². The number of benzene rings is 3. The van der Waals surface area contributed by atoms with E-state index in [1.165, 1.54) is 36.4 Å². The number of nitrogens with one attached hydrogen (secondary N) is 2. The van der Waals surface area contributed by atoms with Crippen molar-refractivity contribution in [3.63, 3.8) is 0 Å². The van der Waals surface area contributed by atoms with Crippen molar-refractivity contribution < 1.29 is 22.3 Å². The number of nitrogens with zero attached hydrogens (tertiary/aromatic N) is 2. The van der Waals surface area contributed by atoms with Crippen molar-refractivity contribution in [1.29, 1.82) is 0 Å². The Balaban J connectivity index is 1.40. The third kappa shape index (κ3) is 4.25. The summed E-state index contributed by atoms with van der Waals surface area (Å²) in [5.41, 5.74) is 2.19. The molecule has 5 rings (SSSR count). The first-order valence-corrected chi connectivity index (χ1v) is 12.1. The predicted molar refractivity (Wildman–Crippen MR) is 125 cm³/mol. The van der Waals surface area contributed by atoms with Crippen molar-refractivity contribution in [1.82, 2.24) is 10.2 Å². The minimum Gasteiger partial charge on any atom is -0.378 e. The summed E-state index contributed by atoms with van der Waals surface area (Å²) in [7, 11) is -3.97. The van der Waals surface area contributed by atoms with E-state index < -0.39 is 21.6 Å². The van der Waals surface area contributed by atoms with Crippen LogP contribution in [0.15, 0.2) is 76.5 Å². The van der Waals surface area contributed by atoms with Crippen molar-refractivity contribution >= 4 is 38.0 Å². The van der Waals surface area contributed by atoms with Gasteiger partial charge in [-0.1, -0.05) is 6.07 Å². The fourth-order valence-corrected chi connectivity index (χ4v) is 5.19. The smallest absolute Gasteiger partial charge is 0.276 e. The van der Waals surface area contributed by atoms with E-state index in [4.69, 9.17) is 4.74 Å². The molecular weight excluding hydrogens is 459 g/mol. The van der Waals surface area contributed by atoms with E-state index in [9.17, 15) is 17.6 Å². The van der Waals surface area contributed by atoms with Crippen LogP contribution in [-0.4, -0.2) is 50.8 Å². The molecule has 34 heavy (non-hydrogen) atoms. The highest BCUT2D eigenvalue weighted by atomic mass is 32.2. The fourth-order valence-electron chi connectivity index (χ4n) is 3.87. The van der Waals surface area contributed by atoms with Crippen LogP contribution in [0.3, 0.4) is 0 Å². The molecule has 0 spiro atoms. The number of morpholine rings is 1. The number of rotatable bonds is 5. The second-order valence-corrected chi connectivity index (χ2v) is 9.79. The van der Waals surface area contributed by atoms with Crippen molar-refractivity contribution in [2.75, 3.05) is 36.5 Å². The van der Waals surface area contributed by atoms with Gasteiger partial charge in [-0.15, -0.1) is 0 Å². The molecule has 2 heterocycles. The summed E-state index contributed by atoms with van der Waals surface area (Å²) in [4.78, 5) is 14.9. The van der Waals surface area contributed by atoms with Crippen LogP contribution in [0.2, 0.25) is 0 Å². The van der Waals surface area contributed by atoms with Gasteiger partial charge in [0.1, 0.15) is 5.82 Å². The molecule has 1 aliphatic heterocycles.